The first-order valence-corrected chi connectivity index (χ1v) is 19.4. The van der Waals surface area contributed by atoms with Gasteiger partial charge in [0.05, 0.1) is 70.2 Å². The number of carbonyl (C=O) groups excluding carboxylic acids is 2. The van der Waals surface area contributed by atoms with Crippen LogP contribution in [0.15, 0.2) is 55.2 Å². The highest BCUT2D eigenvalue weighted by Crippen LogP contribution is 2.39. The van der Waals surface area contributed by atoms with Crippen molar-refractivity contribution >= 4 is 34.2 Å². The van der Waals surface area contributed by atoms with Crippen LogP contribution in [0.3, 0.4) is 0 Å². The van der Waals surface area contributed by atoms with E-state index in [1.807, 2.05) is 31.5 Å². The van der Waals surface area contributed by atoms with Gasteiger partial charge in [0.15, 0.2) is 11.5 Å². The molecule has 2 aliphatic heterocycles. The molecule has 2 saturated heterocycles. The second-order valence-electron chi connectivity index (χ2n) is 15.6. The summed E-state index contributed by atoms with van der Waals surface area (Å²) in [5.74, 6) is 0.110. The molecule has 17 nitrogen and oxygen atoms in total. The molecule has 7 heterocycles. The predicted octanol–water partition coefficient (Wildman–Crippen LogP) is 3.28. The molecule has 17 heteroatoms. The molecule has 3 fully saturated rings. The van der Waals surface area contributed by atoms with Crippen molar-refractivity contribution in [2.24, 2.45) is 0 Å². The molecule has 0 bridgehead atoms. The highest BCUT2D eigenvalue weighted by atomic mass is 16.3. The Bertz CT molecular complexity index is 2380. The Morgan fingerprint density at radius 3 is 2.54 bits per heavy atom. The van der Waals surface area contributed by atoms with Crippen molar-refractivity contribution in [2.45, 2.75) is 81.8 Å². The number of carbonyl (C=O) groups is 2. The molecule has 0 radical (unpaired) electrons. The van der Waals surface area contributed by atoms with Gasteiger partial charge >= 0.3 is 0 Å². The molecule has 57 heavy (non-hydrogen) atoms. The Morgan fingerprint density at radius 2 is 1.82 bits per heavy atom. The van der Waals surface area contributed by atoms with Gasteiger partial charge in [-0.2, -0.15) is 20.3 Å². The van der Waals surface area contributed by atoms with Crippen LogP contribution in [0.25, 0.3) is 22.5 Å². The van der Waals surface area contributed by atoms with E-state index >= 15 is 0 Å². The van der Waals surface area contributed by atoms with E-state index in [0.29, 0.717) is 71.6 Å². The number of amides is 2. The third-order valence-electron chi connectivity index (χ3n) is 11.8. The molecule has 292 valence electrons. The Labute approximate surface area is 329 Å². The van der Waals surface area contributed by atoms with Crippen LogP contribution in [0.4, 0.5) is 11.4 Å². The van der Waals surface area contributed by atoms with Gasteiger partial charge in [0.1, 0.15) is 17.8 Å². The summed E-state index contributed by atoms with van der Waals surface area (Å²) in [4.78, 5) is 42.6. The number of hydrogen-bond donors (Lipinski definition) is 3. The molecule has 2 atom stereocenters. The van der Waals surface area contributed by atoms with Gasteiger partial charge in [-0.05, 0) is 70.6 Å². The molecule has 1 saturated carbocycles. The van der Waals surface area contributed by atoms with Crippen molar-refractivity contribution in [3.8, 4) is 23.6 Å². The van der Waals surface area contributed by atoms with E-state index in [9.17, 15) is 25.2 Å². The minimum atomic E-state index is -0.808. The zero-order valence-electron chi connectivity index (χ0n) is 32.0. The smallest absolute Gasteiger partial charge is 0.238 e. The first-order chi connectivity index (χ1) is 27.5. The quantitative estimate of drug-likeness (QED) is 0.174. The molecule has 1 aliphatic carbocycles. The summed E-state index contributed by atoms with van der Waals surface area (Å²) < 4.78 is 3.25. The first kappa shape index (κ1) is 37.6. The van der Waals surface area contributed by atoms with Gasteiger partial charge in [-0.3, -0.25) is 24.8 Å². The van der Waals surface area contributed by atoms with Crippen molar-refractivity contribution in [3.05, 3.63) is 72.2 Å². The number of aromatic nitrogens is 8. The Morgan fingerprint density at radius 1 is 1.02 bits per heavy atom. The van der Waals surface area contributed by atoms with E-state index in [1.54, 1.807) is 40.8 Å². The van der Waals surface area contributed by atoms with Gasteiger partial charge in [-0.15, -0.1) is 5.10 Å². The van der Waals surface area contributed by atoms with Gasteiger partial charge in [0, 0.05) is 62.7 Å². The normalized spacial score (nSPS) is 23.5. The average Bonchev–Trinajstić information content (AvgIpc) is 3.90. The fraction of sp³-hybridized carbons (Fsp3) is 0.450. The maximum atomic E-state index is 12.6. The summed E-state index contributed by atoms with van der Waals surface area (Å²) in [6, 6.07) is 11.2. The lowest BCUT2D eigenvalue weighted by molar-refractivity contribution is -0.137. The number of nitrogens with zero attached hydrogens (tertiary/aromatic N) is 12. The predicted molar refractivity (Wildman–Crippen MR) is 208 cm³/mol. The van der Waals surface area contributed by atoms with Gasteiger partial charge in [-0.25, -0.2) is 14.6 Å². The van der Waals surface area contributed by atoms with Gasteiger partial charge in [0.25, 0.3) is 0 Å². The zero-order chi connectivity index (χ0) is 39.7. The van der Waals surface area contributed by atoms with Gasteiger partial charge in [-0.1, -0.05) is 5.21 Å². The number of fused-ring (bicyclic) bond motifs is 1. The van der Waals surface area contributed by atoms with E-state index in [0.717, 1.165) is 56.9 Å². The minimum absolute atomic E-state index is 0.154. The second-order valence-corrected chi connectivity index (χ2v) is 15.6. The number of imide groups is 1. The summed E-state index contributed by atoms with van der Waals surface area (Å²) in [6.07, 6.45) is 12.9. The highest BCUT2D eigenvalue weighted by Gasteiger charge is 2.41. The van der Waals surface area contributed by atoms with Crippen LogP contribution in [0.1, 0.15) is 81.7 Å². The van der Waals surface area contributed by atoms with Gasteiger partial charge in [0.2, 0.25) is 11.8 Å². The molecule has 2 amide bonds. The topological polar surface area (TPSA) is 220 Å². The van der Waals surface area contributed by atoms with Crippen LogP contribution in [0.2, 0.25) is 0 Å². The SMILES string of the molecule is C[C@H](C#N)Nc1cc(-n2ncc3cc(C#N)cnc32)ncc1-n1cc(C2CCC(O)(CCN3CCN(c4ccc([C@@]5(C)CCC(=O)NC5=O)nc4)CC3)CC2)nn1. The van der Waals surface area contributed by atoms with Crippen LogP contribution in [0.5, 0.6) is 0 Å². The lowest BCUT2D eigenvalue weighted by Gasteiger charge is -2.40. The van der Waals surface area contributed by atoms with E-state index < -0.39 is 17.1 Å². The molecular weight excluding hydrogens is 725 g/mol. The number of rotatable bonds is 10. The van der Waals surface area contributed by atoms with Crippen molar-refractivity contribution in [3.63, 3.8) is 0 Å². The molecule has 3 N–H and O–H groups in total. The lowest BCUT2D eigenvalue weighted by atomic mass is 9.76. The number of nitriles is 2. The summed E-state index contributed by atoms with van der Waals surface area (Å²) in [5, 5.41) is 50.3. The summed E-state index contributed by atoms with van der Waals surface area (Å²) >= 11 is 0. The fourth-order valence-corrected chi connectivity index (χ4v) is 8.09. The van der Waals surface area contributed by atoms with Crippen LogP contribution in [-0.2, 0) is 15.0 Å². The summed E-state index contributed by atoms with van der Waals surface area (Å²) in [7, 11) is 0. The molecule has 5 aromatic rings. The van der Waals surface area contributed by atoms with E-state index in [4.69, 9.17) is 0 Å². The molecule has 3 aliphatic rings. The van der Waals surface area contributed by atoms with Crippen molar-refractivity contribution in [1.82, 2.24) is 49.9 Å². The fourth-order valence-electron chi connectivity index (χ4n) is 8.09. The lowest BCUT2D eigenvalue weighted by Crippen LogP contribution is -2.50. The third-order valence-corrected chi connectivity index (χ3v) is 11.8. The Hall–Kier alpha value is -6.30. The number of anilines is 2. The Balaban J connectivity index is 0.854. The van der Waals surface area contributed by atoms with E-state index in [1.165, 1.54) is 6.20 Å². The maximum Gasteiger partial charge on any atom is 0.238 e. The largest absolute Gasteiger partial charge is 0.390 e. The highest BCUT2D eigenvalue weighted by molar-refractivity contribution is 6.03. The number of aliphatic hydroxyl groups is 1. The monoisotopic (exact) mass is 768 g/mol. The number of pyridine rings is 3. The van der Waals surface area contributed by atoms with Crippen LogP contribution in [0, 0.1) is 22.7 Å². The summed E-state index contributed by atoms with van der Waals surface area (Å²) in [5.41, 5.74) is 3.23. The molecule has 0 unspecified atom stereocenters. The first-order valence-electron chi connectivity index (χ1n) is 19.4. The van der Waals surface area contributed by atoms with E-state index in [2.05, 4.69) is 62.9 Å². The Kier molecular flexibility index (Phi) is 10.1. The summed E-state index contributed by atoms with van der Waals surface area (Å²) in [6.45, 7) is 7.87. The minimum Gasteiger partial charge on any atom is -0.390 e. The van der Waals surface area contributed by atoms with Crippen LogP contribution < -0.4 is 15.5 Å². The standard InChI is InChI=1S/C40H44N14O3/c1-26(19-41)47-31-18-35(54-37-29(22-46-54)17-27(20-42)21-45-37)44-24-33(31)53-25-32(49-50-53)28-5-9-40(57,10-6-28)11-12-51-13-15-52(16-14-51)30-3-4-34(43-23-30)39(2)8-7-36(55)48-38(39)56/h3-4,17-18,21-26,28,57H,5-16H2,1-2H3,(H,44,47)(H,48,55,56)/t26-,28?,39-,40?/m1/s1. The molecule has 0 spiro atoms. The van der Waals surface area contributed by atoms with Crippen molar-refractivity contribution < 1.29 is 14.7 Å². The molecule has 5 aromatic heterocycles. The van der Waals surface area contributed by atoms with E-state index in [-0.39, 0.29) is 17.7 Å². The molecule has 8 rings (SSSR count). The molecule has 0 aromatic carbocycles. The third kappa shape index (κ3) is 7.64. The van der Waals surface area contributed by atoms with Crippen LogP contribution in [-0.4, -0.2) is 106 Å². The maximum absolute atomic E-state index is 12.6. The van der Waals surface area contributed by atoms with Crippen molar-refractivity contribution in [2.75, 3.05) is 42.9 Å². The number of piperazine rings is 1. The number of nitrogens with one attached hydrogen (secondary N) is 2. The number of piperidine rings is 1. The average molecular weight is 769 g/mol. The second kappa shape index (κ2) is 15.3. The zero-order valence-corrected chi connectivity index (χ0v) is 32.0. The van der Waals surface area contributed by atoms with Crippen molar-refractivity contribution in [1.29, 1.82) is 10.5 Å². The molecular formula is C40H44N14O3. The number of hydrogen-bond acceptors (Lipinski definition) is 14. The van der Waals surface area contributed by atoms with Gasteiger partial charge < -0.3 is 15.3 Å². The van der Waals surface area contributed by atoms with Crippen LogP contribution >= 0.6 is 0 Å².